The van der Waals surface area contributed by atoms with E-state index in [9.17, 15) is 4.79 Å². The van der Waals surface area contributed by atoms with Crippen LogP contribution in [0, 0.1) is 0 Å². The lowest BCUT2D eigenvalue weighted by molar-refractivity contribution is -0.191. The number of ether oxygens (including phenoxy) is 1. The number of halogens is 1. The molecule has 0 saturated heterocycles. The van der Waals surface area contributed by atoms with Crippen molar-refractivity contribution in [1.29, 1.82) is 0 Å². The normalized spacial score (nSPS) is 14.0. The van der Waals surface area contributed by atoms with Crippen LogP contribution in [0.3, 0.4) is 0 Å². The summed E-state index contributed by atoms with van der Waals surface area (Å²) in [6, 6.07) is 8.21. The van der Waals surface area contributed by atoms with Crippen LogP contribution in [0.15, 0.2) is 45.7 Å². The van der Waals surface area contributed by atoms with Crippen LogP contribution in [0.1, 0.15) is 44.2 Å². The molecule has 0 bridgehead atoms. The summed E-state index contributed by atoms with van der Waals surface area (Å²) in [4.78, 5) is 28.6. The van der Waals surface area contributed by atoms with E-state index >= 15 is 0 Å². The summed E-state index contributed by atoms with van der Waals surface area (Å²) in [5.41, 5.74) is 4.66. The third kappa shape index (κ3) is 6.87. The number of allylic oxidation sites excluding steroid dienone is 1. The Morgan fingerprint density at radius 1 is 1.30 bits per heavy atom. The Labute approximate surface area is 185 Å². The van der Waals surface area contributed by atoms with Crippen LogP contribution >= 0.6 is 23.4 Å². The maximum Gasteiger partial charge on any atom is 0.373 e. The molecule has 1 atom stereocenters. The molecule has 0 spiro atoms. The summed E-state index contributed by atoms with van der Waals surface area (Å²) >= 11 is 8.09. The monoisotopic (exact) mass is 449 g/mol. The van der Waals surface area contributed by atoms with Crippen LogP contribution in [0.25, 0.3) is 11.3 Å². The second-order valence-corrected chi connectivity index (χ2v) is 8.43. The van der Waals surface area contributed by atoms with E-state index in [1.165, 1.54) is 11.8 Å². The number of thioether (sulfide) groups is 1. The molecule has 30 heavy (non-hydrogen) atoms. The van der Waals surface area contributed by atoms with Gasteiger partial charge in [0.15, 0.2) is 0 Å². The first-order chi connectivity index (χ1) is 14.5. The molecule has 1 aliphatic rings. The lowest BCUT2D eigenvalue weighted by atomic mass is 10.0. The molecule has 8 heteroatoms. The fourth-order valence-electron chi connectivity index (χ4n) is 3.22. The third-order valence-electron chi connectivity index (χ3n) is 4.67. The van der Waals surface area contributed by atoms with Gasteiger partial charge in [-0.1, -0.05) is 47.9 Å². The second-order valence-electron chi connectivity index (χ2n) is 6.70. The molecule has 1 heterocycles. The zero-order valence-electron chi connectivity index (χ0n) is 17.0. The molecular formula is C22H24ClNO5S. The molecule has 1 aromatic carbocycles. The van der Waals surface area contributed by atoms with Gasteiger partial charge in [0.1, 0.15) is 18.1 Å². The van der Waals surface area contributed by atoms with E-state index in [1.807, 2.05) is 30.8 Å². The van der Waals surface area contributed by atoms with Gasteiger partial charge in [0, 0.05) is 21.9 Å². The van der Waals surface area contributed by atoms with E-state index in [0.717, 1.165) is 52.5 Å². The smallest absolute Gasteiger partial charge is 0.373 e. The first kappa shape index (κ1) is 23.9. The van der Waals surface area contributed by atoms with Crippen molar-refractivity contribution in [2.45, 2.75) is 51.4 Å². The predicted octanol–water partition coefficient (Wildman–Crippen LogP) is 5.16. The molecule has 0 aliphatic heterocycles. The van der Waals surface area contributed by atoms with Crippen molar-refractivity contribution in [2.24, 2.45) is 0 Å². The molecule has 0 amide bonds. The predicted molar refractivity (Wildman–Crippen MR) is 115 cm³/mol. The molecule has 0 radical (unpaired) electrons. The average Bonchev–Trinajstić information content (AvgIpc) is 3.36. The number of rotatable bonds is 8. The van der Waals surface area contributed by atoms with Gasteiger partial charge in [-0.2, -0.15) is 21.4 Å². The first-order valence-electron chi connectivity index (χ1n) is 9.66. The molecule has 1 aromatic heterocycles. The summed E-state index contributed by atoms with van der Waals surface area (Å²) < 4.78 is 10.7. The molecule has 3 rings (SSSR count). The number of esters is 1. The van der Waals surface area contributed by atoms with Crippen molar-refractivity contribution in [3.8, 4) is 11.3 Å². The SMILES string of the molecule is CCSCc1ccc(-c2nocc2CC(=O)OC(C)C2=C(Cl)CCC2)cc1.O=C=O. The van der Waals surface area contributed by atoms with Gasteiger partial charge in [-0.15, -0.1) is 0 Å². The number of carbonyl (C=O) groups is 1. The third-order valence-corrected chi connectivity index (χ3v) is 6.05. The van der Waals surface area contributed by atoms with E-state index in [4.69, 9.17) is 30.4 Å². The number of hydrogen-bond acceptors (Lipinski definition) is 7. The van der Waals surface area contributed by atoms with Crippen molar-refractivity contribution >= 4 is 35.5 Å². The minimum absolute atomic E-state index is 0.126. The van der Waals surface area contributed by atoms with Gasteiger partial charge in [-0.05, 0) is 43.1 Å². The van der Waals surface area contributed by atoms with Gasteiger partial charge in [0.05, 0.1) is 6.42 Å². The van der Waals surface area contributed by atoms with Crippen molar-refractivity contribution in [2.75, 3.05) is 5.75 Å². The quantitative estimate of drug-likeness (QED) is 0.514. The minimum Gasteiger partial charge on any atom is -0.458 e. The van der Waals surface area contributed by atoms with E-state index in [2.05, 4.69) is 24.2 Å². The Hall–Kier alpha value is -2.34. The standard InChI is InChI=1S/C21H24ClNO3S.CO2/c1-3-27-13-15-7-9-16(10-8-15)21-17(12-25-23-21)11-20(24)26-14(2)18-5-4-6-19(18)22;2-1-3/h7-10,12,14H,3-6,11,13H2,1-2H3;. The zero-order chi connectivity index (χ0) is 21.9. The molecule has 0 N–H and O–H groups in total. The molecule has 1 unspecified atom stereocenters. The van der Waals surface area contributed by atoms with Gasteiger partial charge < -0.3 is 9.26 Å². The summed E-state index contributed by atoms with van der Waals surface area (Å²) in [5, 5.41) is 4.92. The fourth-order valence-corrected chi connectivity index (χ4v) is 4.23. The highest BCUT2D eigenvalue weighted by molar-refractivity contribution is 7.98. The summed E-state index contributed by atoms with van der Waals surface area (Å²) in [7, 11) is 0. The average molecular weight is 450 g/mol. The highest BCUT2D eigenvalue weighted by atomic mass is 35.5. The summed E-state index contributed by atoms with van der Waals surface area (Å²) in [6.45, 7) is 4.03. The Bertz CT molecular complexity index is 901. The molecule has 0 saturated carbocycles. The molecule has 6 nitrogen and oxygen atoms in total. The lowest BCUT2D eigenvalue weighted by Crippen LogP contribution is -2.18. The maximum atomic E-state index is 12.4. The highest BCUT2D eigenvalue weighted by Gasteiger charge is 2.23. The van der Waals surface area contributed by atoms with E-state index < -0.39 is 0 Å². The Morgan fingerprint density at radius 2 is 2.00 bits per heavy atom. The van der Waals surface area contributed by atoms with Gasteiger partial charge in [0.25, 0.3) is 0 Å². The minimum atomic E-state index is -0.299. The Balaban J connectivity index is 0.00000101. The molecule has 1 aliphatic carbocycles. The van der Waals surface area contributed by atoms with E-state index in [-0.39, 0.29) is 24.6 Å². The van der Waals surface area contributed by atoms with Crippen LogP contribution < -0.4 is 0 Å². The molecule has 160 valence electrons. The highest BCUT2D eigenvalue weighted by Crippen LogP contribution is 2.32. The fraction of sp³-hybridized carbons (Fsp3) is 0.409. The number of nitrogens with zero attached hydrogens (tertiary/aromatic N) is 1. The van der Waals surface area contributed by atoms with Crippen LogP contribution in [-0.2, 0) is 31.3 Å². The summed E-state index contributed by atoms with van der Waals surface area (Å²) in [5.74, 6) is 1.79. The number of aromatic nitrogens is 1. The van der Waals surface area contributed by atoms with Gasteiger partial charge >= 0.3 is 12.1 Å². The van der Waals surface area contributed by atoms with Crippen molar-refractivity contribution in [1.82, 2.24) is 5.16 Å². The second kappa shape index (κ2) is 12.4. The van der Waals surface area contributed by atoms with Crippen molar-refractivity contribution < 1.29 is 23.6 Å². The van der Waals surface area contributed by atoms with Crippen molar-refractivity contribution in [3.63, 3.8) is 0 Å². The van der Waals surface area contributed by atoms with E-state index in [0.29, 0.717) is 5.69 Å². The van der Waals surface area contributed by atoms with Crippen LogP contribution in [0.4, 0.5) is 0 Å². The van der Waals surface area contributed by atoms with Gasteiger partial charge in [-0.3, -0.25) is 4.79 Å². The number of hydrogen-bond donors (Lipinski definition) is 0. The first-order valence-corrected chi connectivity index (χ1v) is 11.2. The lowest BCUT2D eigenvalue weighted by Gasteiger charge is -2.15. The number of benzene rings is 1. The molecule has 0 fully saturated rings. The van der Waals surface area contributed by atoms with Gasteiger partial charge in [-0.25, -0.2) is 0 Å². The van der Waals surface area contributed by atoms with Crippen LogP contribution in [0.5, 0.6) is 0 Å². The van der Waals surface area contributed by atoms with Crippen LogP contribution in [0.2, 0.25) is 0 Å². The van der Waals surface area contributed by atoms with Crippen LogP contribution in [-0.4, -0.2) is 29.1 Å². The number of carbonyl (C=O) groups excluding carboxylic acids is 3. The zero-order valence-corrected chi connectivity index (χ0v) is 18.6. The maximum absolute atomic E-state index is 12.4. The Morgan fingerprint density at radius 3 is 2.60 bits per heavy atom. The van der Waals surface area contributed by atoms with Crippen molar-refractivity contribution in [3.05, 3.63) is 52.3 Å². The molecular weight excluding hydrogens is 426 g/mol. The topological polar surface area (TPSA) is 86.5 Å². The largest absolute Gasteiger partial charge is 0.458 e. The Kier molecular flexibility index (Phi) is 9.87. The molecule has 2 aromatic rings. The van der Waals surface area contributed by atoms with Gasteiger partial charge in [0.2, 0.25) is 0 Å². The summed E-state index contributed by atoms with van der Waals surface area (Å²) in [6.07, 6.45) is 4.41. The van der Waals surface area contributed by atoms with E-state index in [1.54, 1.807) is 0 Å².